The topological polar surface area (TPSA) is 29.1 Å². The van der Waals surface area contributed by atoms with E-state index in [4.69, 9.17) is 11.6 Å². The molecule has 0 aliphatic heterocycles. The van der Waals surface area contributed by atoms with Crippen LogP contribution in [0.3, 0.4) is 0 Å². The van der Waals surface area contributed by atoms with E-state index in [1.54, 1.807) is 0 Å². The second kappa shape index (κ2) is 5.56. The van der Waals surface area contributed by atoms with Crippen molar-refractivity contribution in [3.63, 3.8) is 0 Å². The van der Waals surface area contributed by atoms with E-state index in [0.717, 1.165) is 31.4 Å². The van der Waals surface area contributed by atoms with Gasteiger partial charge in [-0.25, -0.2) is 0 Å². The third-order valence-electron chi connectivity index (χ3n) is 3.48. The van der Waals surface area contributed by atoms with Crippen molar-refractivity contribution in [2.75, 3.05) is 5.88 Å². The quantitative estimate of drug-likeness (QED) is 0.787. The highest BCUT2D eigenvalue weighted by Crippen LogP contribution is 2.35. The van der Waals surface area contributed by atoms with E-state index >= 15 is 0 Å². The normalized spacial score (nSPS) is 17.4. The lowest BCUT2D eigenvalue weighted by atomic mass is 9.78. The zero-order chi connectivity index (χ0) is 15.0. The van der Waals surface area contributed by atoms with E-state index in [1.807, 2.05) is 0 Å². The maximum Gasteiger partial charge on any atom is 0.416 e. The maximum absolute atomic E-state index is 12.7. The molecule has 1 saturated carbocycles. The van der Waals surface area contributed by atoms with E-state index < -0.39 is 23.2 Å². The summed E-state index contributed by atoms with van der Waals surface area (Å²) >= 11 is 8.93. The molecule has 1 aromatic carbocycles. The van der Waals surface area contributed by atoms with Gasteiger partial charge in [0.2, 0.25) is 0 Å². The van der Waals surface area contributed by atoms with Crippen LogP contribution in [0.15, 0.2) is 22.7 Å². The molecule has 110 valence electrons. The van der Waals surface area contributed by atoms with Gasteiger partial charge in [-0.3, -0.25) is 4.79 Å². The first-order valence-corrected chi connectivity index (χ1v) is 7.35. The van der Waals surface area contributed by atoms with E-state index in [0.29, 0.717) is 4.47 Å². The Morgan fingerprint density at radius 2 is 2.05 bits per heavy atom. The number of hydrogen-bond donors (Lipinski definition) is 1. The molecule has 1 amide bonds. The summed E-state index contributed by atoms with van der Waals surface area (Å²) in [6.45, 7) is 0. The van der Waals surface area contributed by atoms with Gasteiger partial charge in [-0.1, -0.05) is 0 Å². The predicted molar refractivity (Wildman–Crippen MR) is 73.9 cm³/mol. The second-order valence-corrected chi connectivity index (χ2v) is 6.04. The zero-order valence-electron chi connectivity index (χ0n) is 10.4. The van der Waals surface area contributed by atoms with E-state index in [9.17, 15) is 18.0 Å². The Bertz CT molecular complexity index is 523. The lowest BCUT2D eigenvalue weighted by Gasteiger charge is -2.41. The van der Waals surface area contributed by atoms with E-state index in [2.05, 4.69) is 21.2 Å². The summed E-state index contributed by atoms with van der Waals surface area (Å²) < 4.78 is 38.4. The van der Waals surface area contributed by atoms with Crippen molar-refractivity contribution in [3.8, 4) is 0 Å². The highest BCUT2D eigenvalue weighted by Gasteiger charge is 2.38. The lowest BCUT2D eigenvalue weighted by Crippen LogP contribution is -2.55. The molecule has 0 atom stereocenters. The van der Waals surface area contributed by atoms with Gasteiger partial charge in [0, 0.05) is 10.4 Å². The van der Waals surface area contributed by atoms with E-state index in [-0.39, 0.29) is 11.4 Å². The molecule has 1 aliphatic carbocycles. The standard InChI is InChI=1S/C13H12BrClF3NO/c14-10-3-2-8(13(16,17)18)6-9(10)11(20)19-12(7-15)4-1-5-12/h2-3,6H,1,4-5,7H2,(H,19,20). The van der Waals surface area contributed by atoms with Crippen molar-refractivity contribution in [2.45, 2.75) is 31.0 Å². The van der Waals surface area contributed by atoms with Gasteiger partial charge in [0.15, 0.2) is 0 Å². The largest absolute Gasteiger partial charge is 0.416 e. The van der Waals surface area contributed by atoms with Gasteiger partial charge in [0.05, 0.1) is 16.7 Å². The second-order valence-electron chi connectivity index (χ2n) is 4.91. The monoisotopic (exact) mass is 369 g/mol. The highest BCUT2D eigenvalue weighted by atomic mass is 79.9. The van der Waals surface area contributed by atoms with Crippen LogP contribution < -0.4 is 5.32 Å². The fraction of sp³-hybridized carbons (Fsp3) is 0.462. The van der Waals surface area contributed by atoms with Gasteiger partial charge in [0.1, 0.15) is 0 Å². The van der Waals surface area contributed by atoms with Crippen molar-refractivity contribution >= 4 is 33.4 Å². The van der Waals surface area contributed by atoms with Crippen molar-refractivity contribution in [1.29, 1.82) is 0 Å². The molecular weight excluding hydrogens is 358 g/mol. The summed E-state index contributed by atoms with van der Waals surface area (Å²) in [5.41, 5.74) is -1.36. The van der Waals surface area contributed by atoms with Crippen LogP contribution in [0.25, 0.3) is 0 Å². The third-order valence-corrected chi connectivity index (χ3v) is 4.69. The minimum absolute atomic E-state index is 0.0313. The zero-order valence-corrected chi connectivity index (χ0v) is 12.7. The van der Waals surface area contributed by atoms with Gasteiger partial charge in [-0.15, -0.1) is 11.6 Å². The molecule has 0 heterocycles. The average molecular weight is 371 g/mol. The fourth-order valence-electron chi connectivity index (χ4n) is 2.08. The Hall–Kier alpha value is -0.750. The summed E-state index contributed by atoms with van der Waals surface area (Å²) in [6.07, 6.45) is -2.02. The molecule has 2 rings (SSSR count). The van der Waals surface area contributed by atoms with Crippen molar-refractivity contribution in [1.82, 2.24) is 5.32 Å². The summed E-state index contributed by atoms with van der Waals surface area (Å²) in [7, 11) is 0. The van der Waals surface area contributed by atoms with Gasteiger partial charge in [-0.2, -0.15) is 13.2 Å². The number of hydrogen-bond acceptors (Lipinski definition) is 1. The Labute approximate surface area is 127 Å². The third kappa shape index (κ3) is 3.11. The number of nitrogens with one attached hydrogen (secondary N) is 1. The van der Waals surface area contributed by atoms with Gasteiger partial charge < -0.3 is 5.32 Å². The van der Waals surface area contributed by atoms with Crippen molar-refractivity contribution in [3.05, 3.63) is 33.8 Å². The molecule has 1 N–H and O–H groups in total. The van der Waals surface area contributed by atoms with Crippen LogP contribution in [0.4, 0.5) is 13.2 Å². The fourth-order valence-corrected chi connectivity index (χ4v) is 2.84. The van der Waals surface area contributed by atoms with E-state index in [1.165, 1.54) is 6.07 Å². The molecule has 1 fully saturated rings. The van der Waals surface area contributed by atoms with Crippen LogP contribution in [-0.2, 0) is 6.18 Å². The number of amides is 1. The number of rotatable bonds is 3. The van der Waals surface area contributed by atoms with Crippen LogP contribution in [0.5, 0.6) is 0 Å². The maximum atomic E-state index is 12.7. The van der Waals surface area contributed by atoms with Crippen LogP contribution >= 0.6 is 27.5 Å². The number of carbonyl (C=O) groups excluding carboxylic acids is 1. The molecule has 20 heavy (non-hydrogen) atoms. The number of alkyl halides is 4. The molecule has 1 aliphatic rings. The Kier molecular flexibility index (Phi) is 4.35. The lowest BCUT2D eigenvalue weighted by molar-refractivity contribution is -0.137. The summed E-state index contributed by atoms with van der Waals surface area (Å²) in [6, 6.07) is 3.01. The smallest absolute Gasteiger partial charge is 0.345 e. The average Bonchev–Trinajstić information content (AvgIpc) is 2.32. The van der Waals surface area contributed by atoms with Gasteiger partial charge in [0.25, 0.3) is 5.91 Å². The molecular formula is C13H12BrClF3NO. The summed E-state index contributed by atoms with van der Waals surface area (Å²) in [4.78, 5) is 12.1. The molecule has 1 aromatic rings. The molecule has 0 saturated heterocycles. The van der Waals surface area contributed by atoms with Crippen molar-refractivity contribution < 1.29 is 18.0 Å². The minimum Gasteiger partial charge on any atom is -0.345 e. The van der Waals surface area contributed by atoms with Crippen LogP contribution in [0, 0.1) is 0 Å². The van der Waals surface area contributed by atoms with Crippen molar-refractivity contribution in [2.24, 2.45) is 0 Å². The molecule has 0 radical (unpaired) electrons. The molecule has 0 unspecified atom stereocenters. The minimum atomic E-state index is -4.48. The SMILES string of the molecule is O=C(NC1(CCl)CCC1)c1cc(C(F)(F)F)ccc1Br. The Morgan fingerprint density at radius 1 is 1.40 bits per heavy atom. The predicted octanol–water partition coefficient (Wildman–Crippen LogP) is 4.36. The van der Waals surface area contributed by atoms with Crippen LogP contribution in [0.2, 0.25) is 0 Å². The highest BCUT2D eigenvalue weighted by molar-refractivity contribution is 9.10. The number of halogens is 5. The molecule has 2 nitrogen and oxygen atoms in total. The molecule has 7 heteroatoms. The first-order valence-electron chi connectivity index (χ1n) is 6.03. The summed E-state index contributed by atoms with van der Waals surface area (Å²) in [5, 5.41) is 2.75. The van der Waals surface area contributed by atoms with Crippen LogP contribution in [0.1, 0.15) is 35.2 Å². The first kappa shape index (κ1) is 15.6. The Balaban J connectivity index is 2.25. The van der Waals surface area contributed by atoms with Gasteiger partial charge in [-0.05, 0) is 53.4 Å². The number of benzene rings is 1. The summed E-state index contributed by atoms with van der Waals surface area (Å²) in [5.74, 6) is -0.279. The van der Waals surface area contributed by atoms with Crippen LogP contribution in [-0.4, -0.2) is 17.3 Å². The molecule has 0 bridgehead atoms. The Morgan fingerprint density at radius 3 is 2.50 bits per heavy atom. The van der Waals surface area contributed by atoms with Gasteiger partial charge >= 0.3 is 6.18 Å². The molecule has 0 aromatic heterocycles. The number of carbonyl (C=O) groups is 1. The molecule has 0 spiro atoms. The first-order chi connectivity index (χ1) is 9.27.